The minimum Gasteiger partial charge on any atom is -0.266 e. The van der Waals surface area contributed by atoms with Crippen molar-refractivity contribution in [1.82, 2.24) is 10.1 Å². The molecule has 2 aliphatic heterocycles. The maximum atomic E-state index is 15.2. The molecule has 4 aromatic carbocycles. The molecule has 0 radical (unpaired) electrons. The normalized spacial score (nSPS) is 15.7. The number of rotatable bonds is 8. The largest absolute Gasteiger partial charge is 0.416 e. The molecule has 2 heterocycles. The maximum Gasteiger partial charge on any atom is 0.416 e. The van der Waals surface area contributed by atoms with E-state index in [4.69, 9.17) is 0 Å². The van der Waals surface area contributed by atoms with E-state index in [1.54, 1.807) is 0 Å². The Morgan fingerprint density at radius 3 is 0.836 bits per heavy atom. The van der Waals surface area contributed by atoms with E-state index in [2.05, 4.69) is 8.57 Å². The Morgan fingerprint density at radius 2 is 0.597 bits per heavy atom. The minimum atomic E-state index is -6.72. The summed E-state index contributed by atoms with van der Waals surface area (Å²) < 4.78 is 311. The zero-order valence-corrected chi connectivity index (χ0v) is 32.7. The van der Waals surface area contributed by atoms with Gasteiger partial charge in [0.05, 0.1) is 54.3 Å². The van der Waals surface area contributed by atoms with Gasteiger partial charge in [0, 0.05) is 0 Å². The summed E-state index contributed by atoms with van der Waals surface area (Å²) in [4.78, 5) is 48.5. The van der Waals surface area contributed by atoms with Crippen LogP contribution in [0.4, 0.5) is 79.0 Å². The van der Waals surface area contributed by atoms with Crippen molar-refractivity contribution in [2.24, 2.45) is 0 Å². The summed E-state index contributed by atoms with van der Waals surface area (Å²) in [5, 5.41) is -1.91. The Hall–Kier alpha value is -6.28. The van der Waals surface area contributed by atoms with Crippen molar-refractivity contribution >= 4 is 43.9 Å². The van der Waals surface area contributed by atoms with Gasteiger partial charge in [-0.3, -0.25) is 19.2 Å². The maximum absolute atomic E-state index is 15.2. The molecular formula is C35H12F18N2O10S2. The topological polar surface area (TPSA) is 161 Å². The molecule has 0 aliphatic carbocycles. The van der Waals surface area contributed by atoms with Gasteiger partial charge in [-0.2, -0.15) is 95.9 Å². The van der Waals surface area contributed by atoms with Crippen LogP contribution in [-0.4, -0.2) is 62.9 Å². The van der Waals surface area contributed by atoms with Crippen molar-refractivity contribution in [3.05, 3.63) is 128 Å². The van der Waals surface area contributed by atoms with E-state index in [1.165, 1.54) is 0 Å². The van der Waals surface area contributed by atoms with Crippen LogP contribution in [0.1, 0.15) is 74.8 Å². The van der Waals surface area contributed by atoms with Gasteiger partial charge in [-0.15, -0.1) is 18.7 Å². The number of amides is 4. The number of imide groups is 2. The second-order valence-corrected chi connectivity index (χ2v) is 16.7. The Bertz CT molecular complexity index is 2760. The molecule has 0 aromatic heterocycles. The number of hydrogen-bond acceptors (Lipinski definition) is 10. The zero-order chi connectivity index (χ0) is 50.8. The molecule has 0 atom stereocenters. The molecule has 0 saturated heterocycles. The van der Waals surface area contributed by atoms with E-state index >= 15 is 26.3 Å². The van der Waals surface area contributed by atoms with Crippen LogP contribution in [0.5, 0.6) is 0 Å². The van der Waals surface area contributed by atoms with Crippen molar-refractivity contribution in [2.75, 3.05) is 0 Å². The smallest absolute Gasteiger partial charge is 0.266 e. The van der Waals surface area contributed by atoms with Crippen LogP contribution < -0.4 is 0 Å². The van der Waals surface area contributed by atoms with Crippen LogP contribution in [0.25, 0.3) is 0 Å². The number of carbonyl (C=O) groups is 4. The zero-order valence-electron chi connectivity index (χ0n) is 31.0. The summed E-state index contributed by atoms with van der Waals surface area (Å²) in [6, 6.07) is -3.86. The third kappa shape index (κ3) is 8.64. The number of carbonyl (C=O) groups excluding carboxylic acids is 4. The van der Waals surface area contributed by atoms with Crippen molar-refractivity contribution in [3.8, 4) is 0 Å². The fourth-order valence-electron chi connectivity index (χ4n) is 6.45. The number of nitrogens with zero attached hydrogens (tertiary/aromatic N) is 2. The van der Waals surface area contributed by atoms with Crippen molar-refractivity contribution in [1.29, 1.82) is 0 Å². The lowest BCUT2D eigenvalue weighted by Gasteiger charge is -2.38. The molecule has 4 aromatic rings. The first kappa shape index (κ1) is 50.1. The Kier molecular flexibility index (Phi) is 11.5. The van der Waals surface area contributed by atoms with E-state index in [9.17, 15) is 88.7 Å². The Labute approximate surface area is 358 Å². The second kappa shape index (κ2) is 15.4. The van der Waals surface area contributed by atoms with Gasteiger partial charge in [0.25, 0.3) is 23.6 Å². The summed E-state index contributed by atoms with van der Waals surface area (Å²) in [7, 11) is -12.3. The molecule has 0 fully saturated rings. The Balaban J connectivity index is 1.41. The van der Waals surface area contributed by atoms with Crippen LogP contribution >= 0.6 is 0 Å². The van der Waals surface area contributed by atoms with Crippen molar-refractivity contribution in [2.45, 2.75) is 52.3 Å². The van der Waals surface area contributed by atoms with Crippen molar-refractivity contribution in [3.63, 3.8) is 0 Å². The van der Waals surface area contributed by atoms with Gasteiger partial charge in [0.2, 0.25) is 5.41 Å². The molecule has 12 nitrogen and oxygen atoms in total. The average molecular weight is 1030 g/mol. The van der Waals surface area contributed by atoms with Gasteiger partial charge in [-0.05, 0) is 71.8 Å². The molecule has 2 aliphatic rings. The number of alkyl halides is 18. The lowest BCUT2D eigenvalue weighted by Crippen LogP contribution is -2.55. The fourth-order valence-corrected chi connectivity index (χ4v) is 8.37. The van der Waals surface area contributed by atoms with Crippen LogP contribution in [0, 0.1) is 0 Å². The number of benzene rings is 4. The second-order valence-electron chi connectivity index (χ2n) is 13.6. The SMILES string of the molecule is O=C1c2ccc(C(c3ccc4c(c3)C(=O)N(OS(=O)(=O)c3cc(C(F)(F)F)cc(C(F)(F)F)c3)C4=O)(C(F)(F)F)C(F)(F)F)cc2C(=O)N1OS(=O)(=O)c1cc(C(F)(F)F)cc(C(F)(F)F)c1. The number of hydroxylamine groups is 4. The molecular weight excluding hydrogens is 1010 g/mol. The minimum absolute atomic E-state index is 0.0274. The summed E-state index contributed by atoms with van der Waals surface area (Å²) in [5.74, 6) is -8.70. The summed E-state index contributed by atoms with van der Waals surface area (Å²) in [6.07, 6.45) is -36.2. The molecule has 67 heavy (non-hydrogen) atoms. The first-order chi connectivity index (χ1) is 30.1. The Morgan fingerprint density at radius 1 is 0.343 bits per heavy atom. The number of fused-ring (bicyclic) bond motifs is 2. The molecule has 0 bridgehead atoms. The molecule has 360 valence electrons. The van der Waals surface area contributed by atoms with Gasteiger partial charge < -0.3 is 0 Å². The third-order valence-electron chi connectivity index (χ3n) is 9.46. The van der Waals surface area contributed by atoms with E-state index in [1.807, 2.05) is 0 Å². The van der Waals surface area contributed by atoms with E-state index in [0.29, 0.717) is 0 Å². The molecule has 32 heteroatoms. The molecule has 4 amide bonds. The monoisotopic (exact) mass is 1030 g/mol. The van der Waals surface area contributed by atoms with Crippen LogP contribution in [0.15, 0.2) is 82.6 Å². The predicted molar refractivity (Wildman–Crippen MR) is 176 cm³/mol. The van der Waals surface area contributed by atoms with Gasteiger partial charge >= 0.3 is 57.3 Å². The van der Waals surface area contributed by atoms with Crippen molar-refractivity contribution < 1.29 is 124 Å². The summed E-state index contributed by atoms with van der Waals surface area (Å²) in [5.41, 5.74) is -24.6. The summed E-state index contributed by atoms with van der Waals surface area (Å²) >= 11 is 0. The van der Waals surface area contributed by atoms with Gasteiger partial charge in [-0.1, -0.05) is 12.1 Å². The van der Waals surface area contributed by atoms with Crippen LogP contribution in [-0.2, 0) is 58.9 Å². The van der Waals surface area contributed by atoms with E-state index < -0.39 is 198 Å². The van der Waals surface area contributed by atoms with Crippen LogP contribution in [0.3, 0.4) is 0 Å². The molecule has 0 spiro atoms. The van der Waals surface area contributed by atoms with E-state index in [-0.39, 0.29) is 36.4 Å². The third-order valence-corrected chi connectivity index (χ3v) is 11.8. The fraction of sp³-hybridized carbons (Fsp3) is 0.200. The lowest BCUT2D eigenvalue weighted by molar-refractivity contribution is -0.288. The molecule has 6 rings (SSSR count). The number of halogens is 18. The summed E-state index contributed by atoms with van der Waals surface area (Å²) in [6.45, 7) is 0. The highest BCUT2D eigenvalue weighted by Gasteiger charge is 2.73. The molecule has 0 N–H and O–H groups in total. The van der Waals surface area contributed by atoms with Crippen LogP contribution in [0.2, 0.25) is 0 Å². The van der Waals surface area contributed by atoms with E-state index in [0.717, 1.165) is 0 Å². The molecule has 0 unspecified atom stereocenters. The highest BCUT2D eigenvalue weighted by atomic mass is 32.2. The highest BCUT2D eigenvalue weighted by molar-refractivity contribution is 7.87. The average Bonchev–Trinajstić information content (AvgIpc) is 3.54. The van der Waals surface area contributed by atoms with Gasteiger partial charge in [0.15, 0.2) is 0 Å². The first-order valence-corrected chi connectivity index (χ1v) is 19.6. The standard InChI is InChI=1S/C35H12F18N2O10S2/c36-30(37,38)15-5-16(31(39,40)41)8-19(7-15)66(60,61)64-54-25(56)21-3-1-13(11-23(21)27(54)58)29(34(48,49)50,35(51,52)53)14-2-4-22-24(12-14)28(59)55(26(22)57)65-67(62,63)20-9-17(32(42,43)44)6-18(10-20)33(45,46)47/h1-12H. The van der Waals surface area contributed by atoms with Gasteiger partial charge in [0.1, 0.15) is 0 Å². The lowest BCUT2D eigenvalue weighted by atomic mass is 9.71. The number of hydrogen-bond donors (Lipinski definition) is 0. The first-order valence-electron chi connectivity index (χ1n) is 16.8. The molecule has 0 saturated carbocycles. The quantitative estimate of drug-likeness (QED) is 0.123. The predicted octanol–water partition coefficient (Wildman–Crippen LogP) is 9.01. The van der Waals surface area contributed by atoms with Gasteiger partial charge in [-0.25, -0.2) is 0 Å². The highest BCUT2D eigenvalue weighted by Crippen LogP contribution is 2.57.